The molecule has 0 heterocycles. The molecule has 1 nitrogen and oxygen atoms in total. The molecule has 25 heavy (non-hydrogen) atoms. The highest BCUT2D eigenvalue weighted by Gasteiger charge is 2.61. The summed E-state index contributed by atoms with van der Waals surface area (Å²) in [4.78, 5) is 0. The van der Waals surface area contributed by atoms with Gasteiger partial charge in [-0.1, -0.05) is 60.7 Å². The molecule has 4 bridgehead atoms. The lowest BCUT2D eigenvalue weighted by Gasteiger charge is -2.63. The SMILES string of the molecule is [Si]OC(c1ccccc1)(c1ccccc1)C12CC3CC(CC(C3)C1)C2. The molecule has 2 aromatic rings. The Kier molecular flexibility index (Phi) is 3.69. The topological polar surface area (TPSA) is 9.23 Å². The lowest BCUT2D eigenvalue weighted by Crippen LogP contribution is -2.58. The molecule has 0 saturated heterocycles. The van der Waals surface area contributed by atoms with Crippen LogP contribution in [0.5, 0.6) is 0 Å². The maximum absolute atomic E-state index is 6.40. The normalized spacial score (nSPS) is 33.6. The van der Waals surface area contributed by atoms with Crippen molar-refractivity contribution in [2.75, 3.05) is 0 Å². The van der Waals surface area contributed by atoms with Gasteiger partial charge in [-0.3, -0.25) is 0 Å². The molecule has 0 unspecified atom stereocenters. The molecule has 0 aliphatic heterocycles. The highest BCUT2D eigenvalue weighted by molar-refractivity contribution is 5.98. The lowest BCUT2D eigenvalue weighted by atomic mass is 9.44. The van der Waals surface area contributed by atoms with Gasteiger partial charge in [-0.05, 0) is 67.4 Å². The molecule has 4 aliphatic rings. The second-order valence-electron chi connectivity index (χ2n) is 8.71. The van der Waals surface area contributed by atoms with Gasteiger partial charge in [0.25, 0.3) is 0 Å². The summed E-state index contributed by atoms with van der Waals surface area (Å²) in [5.74, 6) is 2.67. The molecule has 127 valence electrons. The predicted molar refractivity (Wildman–Crippen MR) is 101 cm³/mol. The molecule has 0 aromatic heterocycles. The first-order valence-electron chi connectivity index (χ1n) is 9.71. The summed E-state index contributed by atoms with van der Waals surface area (Å²) in [6.45, 7) is 0. The largest absolute Gasteiger partial charge is 0.405 e. The first-order valence-corrected chi connectivity index (χ1v) is 10.1. The van der Waals surface area contributed by atoms with E-state index in [1.54, 1.807) is 0 Å². The zero-order chi connectivity index (χ0) is 16.9. The van der Waals surface area contributed by atoms with Crippen LogP contribution in [0.25, 0.3) is 0 Å². The fourth-order valence-corrected chi connectivity index (χ4v) is 7.34. The van der Waals surface area contributed by atoms with Crippen molar-refractivity contribution in [1.29, 1.82) is 0 Å². The highest BCUT2D eigenvalue weighted by Crippen LogP contribution is 2.67. The Hall–Kier alpha value is -1.38. The highest BCUT2D eigenvalue weighted by atomic mass is 28.2. The molecule has 4 saturated carbocycles. The van der Waals surface area contributed by atoms with Gasteiger partial charge in [-0.25, -0.2) is 0 Å². The summed E-state index contributed by atoms with van der Waals surface area (Å²) in [7, 11) is 3.60. The minimum absolute atomic E-state index is 0.201. The molecule has 0 atom stereocenters. The van der Waals surface area contributed by atoms with Crippen LogP contribution >= 0.6 is 0 Å². The van der Waals surface area contributed by atoms with Gasteiger partial charge in [0.2, 0.25) is 10.5 Å². The third kappa shape index (κ3) is 2.23. The van der Waals surface area contributed by atoms with Crippen LogP contribution in [0.2, 0.25) is 0 Å². The second-order valence-corrected chi connectivity index (χ2v) is 8.92. The summed E-state index contributed by atoms with van der Waals surface area (Å²) in [6, 6.07) is 21.8. The average Bonchev–Trinajstić information content (AvgIpc) is 2.63. The average molecular weight is 346 g/mol. The van der Waals surface area contributed by atoms with Gasteiger partial charge in [-0.2, -0.15) is 0 Å². The van der Waals surface area contributed by atoms with E-state index in [1.807, 2.05) is 0 Å². The van der Waals surface area contributed by atoms with Gasteiger partial charge in [0.15, 0.2) is 0 Å². The molecule has 6 rings (SSSR count). The second kappa shape index (κ2) is 5.82. The monoisotopic (exact) mass is 345 g/mol. The Bertz CT molecular complexity index is 664. The summed E-state index contributed by atoms with van der Waals surface area (Å²) < 4.78 is 6.40. The standard InChI is InChI=1S/C23H25OSi/c25-24-23(20-7-3-1-4-8-20,21-9-5-2-6-10-21)22-14-17-11-18(15-22)13-19(12-17)16-22/h1-10,17-19H,11-16H2. The van der Waals surface area contributed by atoms with Crippen molar-refractivity contribution >= 4 is 10.5 Å². The first-order chi connectivity index (χ1) is 12.3. The van der Waals surface area contributed by atoms with Gasteiger partial charge >= 0.3 is 0 Å². The van der Waals surface area contributed by atoms with Crippen molar-refractivity contribution in [3.8, 4) is 0 Å². The van der Waals surface area contributed by atoms with Gasteiger partial charge in [0.05, 0.1) is 0 Å². The van der Waals surface area contributed by atoms with Crippen molar-refractivity contribution < 1.29 is 4.43 Å². The van der Waals surface area contributed by atoms with Crippen LogP contribution in [-0.2, 0) is 10.0 Å². The molecular weight excluding hydrogens is 320 g/mol. The van der Waals surface area contributed by atoms with E-state index in [1.165, 1.54) is 49.7 Å². The summed E-state index contributed by atoms with van der Waals surface area (Å²) in [5.41, 5.74) is 2.38. The fourth-order valence-electron chi connectivity index (χ4n) is 6.89. The van der Waals surface area contributed by atoms with Crippen molar-refractivity contribution in [3.63, 3.8) is 0 Å². The van der Waals surface area contributed by atoms with Crippen LogP contribution in [0.1, 0.15) is 49.7 Å². The molecule has 0 N–H and O–H groups in total. The fraction of sp³-hybridized carbons (Fsp3) is 0.478. The van der Waals surface area contributed by atoms with Crippen LogP contribution in [0, 0.1) is 23.2 Å². The van der Waals surface area contributed by atoms with Gasteiger partial charge in [0.1, 0.15) is 5.60 Å². The van der Waals surface area contributed by atoms with Crippen molar-refractivity contribution in [3.05, 3.63) is 71.8 Å². The first kappa shape index (κ1) is 15.8. The Balaban J connectivity index is 1.73. The van der Waals surface area contributed by atoms with E-state index < -0.39 is 5.60 Å². The van der Waals surface area contributed by atoms with E-state index in [-0.39, 0.29) is 5.41 Å². The Morgan fingerprint density at radius 2 is 1.12 bits per heavy atom. The van der Waals surface area contributed by atoms with Crippen molar-refractivity contribution in [2.45, 2.75) is 44.1 Å². The minimum atomic E-state index is -0.400. The third-order valence-corrected chi connectivity index (χ3v) is 7.60. The predicted octanol–water partition coefficient (Wildman–Crippen LogP) is 5.25. The molecule has 0 amide bonds. The Morgan fingerprint density at radius 1 is 0.720 bits per heavy atom. The number of hydrogen-bond donors (Lipinski definition) is 0. The molecule has 4 fully saturated rings. The molecule has 2 heteroatoms. The zero-order valence-electron chi connectivity index (χ0n) is 14.7. The Labute approximate surface area is 154 Å². The van der Waals surface area contributed by atoms with Crippen molar-refractivity contribution in [2.24, 2.45) is 23.2 Å². The van der Waals surface area contributed by atoms with E-state index >= 15 is 0 Å². The van der Waals surface area contributed by atoms with Gasteiger partial charge in [0, 0.05) is 5.41 Å². The maximum atomic E-state index is 6.40. The van der Waals surface area contributed by atoms with E-state index in [0.717, 1.165) is 17.8 Å². The molecule has 4 aliphatic carbocycles. The van der Waals surface area contributed by atoms with E-state index in [2.05, 4.69) is 71.1 Å². The zero-order valence-corrected chi connectivity index (χ0v) is 15.7. The van der Waals surface area contributed by atoms with Gasteiger partial charge < -0.3 is 4.43 Å². The lowest BCUT2D eigenvalue weighted by molar-refractivity contribution is -0.151. The van der Waals surface area contributed by atoms with Gasteiger partial charge in [-0.15, -0.1) is 0 Å². The third-order valence-electron chi connectivity index (χ3n) is 7.30. The quantitative estimate of drug-likeness (QED) is 0.688. The van der Waals surface area contributed by atoms with Crippen LogP contribution in [0.3, 0.4) is 0 Å². The maximum Gasteiger partial charge on any atom is 0.248 e. The number of hydrogen-bond acceptors (Lipinski definition) is 1. The van der Waals surface area contributed by atoms with Crippen LogP contribution < -0.4 is 0 Å². The minimum Gasteiger partial charge on any atom is -0.405 e. The van der Waals surface area contributed by atoms with Crippen molar-refractivity contribution in [1.82, 2.24) is 0 Å². The molecule has 3 radical (unpaired) electrons. The van der Waals surface area contributed by atoms with Crippen LogP contribution in [-0.4, -0.2) is 10.5 Å². The smallest absolute Gasteiger partial charge is 0.248 e. The summed E-state index contributed by atoms with van der Waals surface area (Å²) >= 11 is 0. The number of rotatable bonds is 4. The van der Waals surface area contributed by atoms with Crippen LogP contribution in [0.15, 0.2) is 60.7 Å². The van der Waals surface area contributed by atoms with E-state index in [4.69, 9.17) is 4.43 Å². The molecule has 0 spiro atoms. The van der Waals surface area contributed by atoms with Crippen LogP contribution in [0.4, 0.5) is 0 Å². The van der Waals surface area contributed by atoms with E-state index in [0.29, 0.717) is 0 Å². The summed E-state index contributed by atoms with van der Waals surface area (Å²) in [5, 5.41) is 0. The molecular formula is C23H25OSi. The Morgan fingerprint density at radius 3 is 1.48 bits per heavy atom. The van der Waals surface area contributed by atoms with E-state index in [9.17, 15) is 0 Å². The number of benzene rings is 2. The summed E-state index contributed by atoms with van der Waals surface area (Å²) in [6.07, 6.45) is 8.23. The molecule has 2 aromatic carbocycles.